The molecule has 9 heteroatoms. The first kappa shape index (κ1) is 17.7. The summed E-state index contributed by atoms with van der Waals surface area (Å²) in [6, 6.07) is 10.6. The monoisotopic (exact) mass is 378 g/mol. The predicted molar refractivity (Wildman–Crippen MR) is 99.6 cm³/mol. The lowest BCUT2D eigenvalue weighted by Gasteiger charge is -2.08. The maximum atomic E-state index is 12.3. The second-order valence-electron chi connectivity index (χ2n) is 6.30. The van der Waals surface area contributed by atoms with Gasteiger partial charge in [0, 0.05) is 17.6 Å². The van der Waals surface area contributed by atoms with Crippen LogP contribution in [0, 0.1) is 6.92 Å². The summed E-state index contributed by atoms with van der Waals surface area (Å²) in [7, 11) is 0. The van der Waals surface area contributed by atoms with Crippen molar-refractivity contribution in [1.29, 1.82) is 0 Å². The number of hydrogen-bond donors (Lipinski definition) is 2. The van der Waals surface area contributed by atoms with Gasteiger partial charge in [0.15, 0.2) is 17.3 Å². The number of carbonyl (C=O) groups excluding carboxylic acids is 1. The number of aromatic amines is 1. The van der Waals surface area contributed by atoms with E-state index in [0.717, 1.165) is 10.9 Å². The summed E-state index contributed by atoms with van der Waals surface area (Å²) in [6.45, 7) is 3.74. The zero-order valence-electron chi connectivity index (χ0n) is 15.3. The van der Waals surface area contributed by atoms with Crippen LogP contribution < -0.4 is 10.1 Å². The number of pyridine rings is 1. The van der Waals surface area contributed by atoms with Crippen LogP contribution in [-0.4, -0.2) is 31.2 Å². The van der Waals surface area contributed by atoms with E-state index in [-0.39, 0.29) is 24.2 Å². The van der Waals surface area contributed by atoms with E-state index in [4.69, 9.17) is 9.26 Å². The largest absolute Gasteiger partial charge is 0.486 e. The van der Waals surface area contributed by atoms with Crippen molar-refractivity contribution in [3.05, 3.63) is 65.7 Å². The molecule has 2 N–H and O–H groups in total. The molecular weight excluding hydrogens is 360 g/mol. The van der Waals surface area contributed by atoms with Crippen LogP contribution in [-0.2, 0) is 6.61 Å². The summed E-state index contributed by atoms with van der Waals surface area (Å²) in [4.78, 5) is 20.8. The van der Waals surface area contributed by atoms with Crippen molar-refractivity contribution in [2.24, 2.45) is 0 Å². The van der Waals surface area contributed by atoms with Crippen molar-refractivity contribution in [2.45, 2.75) is 26.5 Å². The number of carbonyl (C=O) groups is 1. The number of rotatable bonds is 6. The molecule has 1 atom stereocenters. The minimum Gasteiger partial charge on any atom is -0.486 e. The molecule has 9 nitrogen and oxygen atoms in total. The quantitative estimate of drug-likeness (QED) is 0.529. The van der Waals surface area contributed by atoms with E-state index in [1.807, 2.05) is 30.3 Å². The maximum absolute atomic E-state index is 12.3. The van der Waals surface area contributed by atoms with Crippen LogP contribution in [0.3, 0.4) is 0 Å². The number of hydrogen-bond acceptors (Lipinski definition) is 7. The van der Waals surface area contributed by atoms with E-state index in [9.17, 15) is 4.79 Å². The third kappa shape index (κ3) is 3.83. The summed E-state index contributed by atoms with van der Waals surface area (Å²) in [5.41, 5.74) is 1.06. The number of nitrogens with zero attached hydrogens (tertiary/aromatic N) is 4. The molecule has 3 heterocycles. The summed E-state index contributed by atoms with van der Waals surface area (Å²) < 4.78 is 10.9. The molecule has 0 saturated heterocycles. The van der Waals surface area contributed by atoms with E-state index in [1.54, 1.807) is 26.1 Å². The molecular formula is C19H18N6O3. The first-order valence-electron chi connectivity index (χ1n) is 8.71. The molecule has 0 aliphatic carbocycles. The predicted octanol–water partition coefficient (Wildman–Crippen LogP) is 2.72. The smallest absolute Gasteiger partial charge is 0.274 e. The molecule has 0 spiro atoms. The van der Waals surface area contributed by atoms with Gasteiger partial charge in [-0.1, -0.05) is 11.2 Å². The molecule has 0 unspecified atom stereocenters. The lowest BCUT2D eigenvalue weighted by Crippen LogP contribution is -2.27. The van der Waals surface area contributed by atoms with Gasteiger partial charge in [-0.2, -0.15) is 5.10 Å². The first-order valence-corrected chi connectivity index (χ1v) is 8.71. The molecule has 0 radical (unpaired) electrons. The number of benzene rings is 1. The molecule has 142 valence electrons. The Morgan fingerprint density at radius 2 is 2.21 bits per heavy atom. The molecule has 0 aliphatic rings. The average molecular weight is 378 g/mol. The van der Waals surface area contributed by atoms with Crippen LogP contribution in [0.5, 0.6) is 5.75 Å². The molecule has 4 aromatic rings. The molecule has 0 aliphatic heterocycles. The third-order valence-electron chi connectivity index (χ3n) is 4.10. The Bertz CT molecular complexity index is 1120. The summed E-state index contributed by atoms with van der Waals surface area (Å²) in [5.74, 6) is 1.93. The Hall–Kier alpha value is -3.75. The molecule has 4 rings (SSSR count). The highest BCUT2D eigenvalue weighted by atomic mass is 16.5. The van der Waals surface area contributed by atoms with Crippen molar-refractivity contribution in [3.8, 4) is 5.75 Å². The van der Waals surface area contributed by atoms with Gasteiger partial charge >= 0.3 is 0 Å². The molecule has 0 bridgehead atoms. The summed E-state index contributed by atoms with van der Waals surface area (Å²) in [6.07, 6.45) is 1.74. The molecule has 28 heavy (non-hydrogen) atoms. The number of H-pyrrole nitrogens is 1. The fourth-order valence-corrected chi connectivity index (χ4v) is 2.67. The van der Waals surface area contributed by atoms with Gasteiger partial charge in [0.2, 0.25) is 0 Å². The maximum Gasteiger partial charge on any atom is 0.274 e. The highest BCUT2D eigenvalue weighted by molar-refractivity contribution is 5.92. The zero-order valence-corrected chi connectivity index (χ0v) is 15.3. The minimum absolute atomic E-state index is 0.154. The molecule has 0 fully saturated rings. The van der Waals surface area contributed by atoms with Gasteiger partial charge in [-0.15, -0.1) is 0 Å². The van der Waals surface area contributed by atoms with Crippen LogP contribution in [0.1, 0.15) is 40.9 Å². The van der Waals surface area contributed by atoms with E-state index in [2.05, 4.69) is 30.6 Å². The molecule has 1 aromatic carbocycles. The van der Waals surface area contributed by atoms with Gasteiger partial charge in [-0.3, -0.25) is 14.9 Å². The van der Waals surface area contributed by atoms with Gasteiger partial charge < -0.3 is 14.6 Å². The molecule has 0 saturated carbocycles. The van der Waals surface area contributed by atoms with Crippen molar-refractivity contribution < 1.29 is 14.1 Å². The summed E-state index contributed by atoms with van der Waals surface area (Å²) >= 11 is 0. The number of nitrogens with one attached hydrogen (secondary N) is 2. The second kappa shape index (κ2) is 7.47. The van der Waals surface area contributed by atoms with Crippen molar-refractivity contribution in [1.82, 2.24) is 30.6 Å². The highest BCUT2D eigenvalue weighted by Crippen LogP contribution is 2.20. The Morgan fingerprint density at radius 3 is 3.04 bits per heavy atom. The number of amides is 1. The average Bonchev–Trinajstić information content (AvgIpc) is 3.35. The van der Waals surface area contributed by atoms with Gasteiger partial charge in [0.1, 0.15) is 18.2 Å². The standard InChI is InChI=1S/C19H18N6O3/c1-11(18-22-12(2)23-24-18)21-19(26)17-9-15(28-25-17)10-27-14-5-6-16-13(8-14)4-3-7-20-16/h3-9,11H,10H2,1-2H3,(H,21,26)(H,22,23,24)/t11-/m1/s1. The van der Waals surface area contributed by atoms with Gasteiger partial charge in [0.25, 0.3) is 5.91 Å². The van der Waals surface area contributed by atoms with Crippen molar-refractivity contribution in [2.75, 3.05) is 0 Å². The van der Waals surface area contributed by atoms with E-state index in [0.29, 0.717) is 23.2 Å². The van der Waals surface area contributed by atoms with Crippen molar-refractivity contribution >= 4 is 16.8 Å². The third-order valence-corrected chi connectivity index (χ3v) is 4.10. The topological polar surface area (TPSA) is 119 Å². The Morgan fingerprint density at radius 1 is 1.32 bits per heavy atom. The number of fused-ring (bicyclic) bond motifs is 1. The number of aromatic nitrogens is 5. The SMILES string of the molecule is Cc1nc([C@@H](C)NC(=O)c2cc(COc3ccc4ncccc4c3)on2)n[nH]1. The van der Waals surface area contributed by atoms with E-state index >= 15 is 0 Å². The van der Waals surface area contributed by atoms with Gasteiger partial charge in [-0.05, 0) is 38.1 Å². The number of aryl methyl sites for hydroxylation is 1. The Kier molecular flexibility index (Phi) is 4.71. The second-order valence-corrected chi connectivity index (χ2v) is 6.30. The van der Waals surface area contributed by atoms with Crippen molar-refractivity contribution in [3.63, 3.8) is 0 Å². The first-order chi connectivity index (χ1) is 13.6. The van der Waals surface area contributed by atoms with Gasteiger partial charge in [-0.25, -0.2) is 4.98 Å². The normalized spacial score (nSPS) is 12.1. The van der Waals surface area contributed by atoms with Crippen LogP contribution in [0.25, 0.3) is 10.9 Å². The lowest BCUT2D eigenvalue weighted by molar-refractivity contribution is 0.0929. The fraction of sp³-hybridized carbons (Fsp3) is 0.211. The lowest BCUT2D eigenvalue weighted by atomic mass is 10.2. The van der Waals surface area contributed by atoms with Crippen LogP contribution >= 0.6 is 0 Å². The summed E-state index contributed by atoms with van der Waals surface area (Å²) in [5, 5.41) is 14.3. The Balaban J connectivity index is 1.37. The Labute approximate surface area is 160 Å². The fourth-order valence-electron chi connectivity index (χ4n) is 2.67. The molecule has 1 amide bonds. The van der Waals surface area contributed by atoms with E-state index < -0.39 is 0 Å². The van der Waals surface area contributed by atoms with Crippen LogP contribution in [0.15, 0.2) is 47.1 Å². The van der Waals surface area contributed by atoms with Gasteiger partial charge in [0.05, 0.1) is 11.6 Å². The minimum atomic E-state index is -0.373. The molecule has 3 aromatic heterocycles. The number of ether oxygens (including phenoxy) is 1. The van der Waals surface area contributed by atoms with Crippen LogP contribution in [0.4, 0.5) is 0 Å². The van der Waals surface area contributed by atoms with Crippen LogP contribution in [0.2, 0.25) is 0 Å². The van der Waals surface area contributed by atoms with E-state index in [1.165, 1.54) is 0 Å². The zero-order chi connectivity index (χ0) is 19.5. The highest BCUT2D eigenvalue weighted by Gasteiger charge is 2.18.